The van der Waals surface area contributed by atoms with E-state index in [-0.39, 0.29) is 0 Å². The summed E-state index contributed by atoms with van der Waals surface area (Å²) in [6, 6.07) is 73.3. The van der Waals surface area contributed by atoms with Crippen LogP contribution in [0.4, 0.5) is 0 Å². The summed E-state index contributed by atoms with van der Waals surface area (Å²) in [7, 11) is 0. The largest absolute Gasteiger partial charge is 0.455 e. The lowest BCUT2D eigenvalue weighted by Crippen LogP contribution is -2.01. The molecule has 0 spiro atoms. The predicted octanol–water partition coefficient (Wildman–Crippen LogP) is 15.6. The van der Waals surface area contributed by atoms with Gasteiger partial charge in [0.1, 0.15) is 11.2 Å². The highest BCUT2D eigenvalue weighted by molar-refractivity contribution is 6.26. The van der Waals surface area contributed by atoms with Gasteiger partial charge >= 0.3 is 0 Å². The Morgan fingerprint density at radius 2 is 0.953 bits per heavy atom. The van der Waals surface area contributed by atoms with E-state index in [1.165, 1.54) is 37.7 Å². The molecule has 0 bridgehead atoms. The predicted molar refractivity (Wildman–Crippen MR) is 265 cm³/mol. The molecule has 64 heavy (non-hydrogen) atoms. The van der Waals surface area contributed by atoms with Gasteiger partial charge < -0.3 is 8.98 Å². The maximum Gasteiger partial charge on any atom is 0.164 e. The van der Waals surface area contributed by atoms with Crippen molar-refractivity contribution in [1.82, 2.24) is 19.5 Å². The maximum absolute atomic E-state index is 6.95. The van der Waals surface area contributed by atoms with Crippen LogP contribution in [0, 0.1) is 0 Å². The van der Waals surface area contributed by atoms with Crippen LogP contribution < -0.4 is 0 Å². The Morgan fingerprint density at radius 3 is 1.77 bits per heavy atom. The normalized spacial score (nSPS) is 12.1. The highest BCUT2D eigenvalue weighted by atomic mass is 16.3. The number of hydrogen-bond acceptors (Lipinski definition) is 4. The molecule has 0 saturated heterocycles. The first-order valence-electron chi connectivity index (χ1n) is 21.7. The molecule has 14 aromatic rings. The van der Waals surface area contributed by atoms with Crippen molar-refractivity contribution < 1.29 is 4.42 Å². The summed E-state index contributed by atoms with van der Waals surface area (Å²) in [5.74, 6) is 1.81. The molecule has 0 unspecified atom stereocenters. The van der Waals surface area contributed by atoms with Gasteiger partial charge in [-0.3, -0.25) is 0 Å². The lowest BCUT2D eigenvalue weighted by molar-refractivity contribution is 0.672. The Morgan fingerprint density at radius 1 is 0.328 bits per heavy atom. The molecule has 296 valence electrons. The summed E-state index contributed by atoms with van der Waals surface area (Å²) in [6.07, 6.45) is 0. The molecular formula is C59H34N4O. The summed E-state index contributed by atoms with van der Waals surface area (Å²) in [4.78, 5) is 15.9. The summed E-state index contributed by atoms with van der Waals surface area (Å²) in [5, 5.41) is 16.0. The van der Waals surface area contributed by atoms with E-state index < -0.39 is 0 Å². The zero-order valence-electron chi connectivity index (χ0n) is 34.3. The third kappa shape index (κ3) is 5.09. The van der Waals surface area contributed by atoms with Crippen LogP contribution in [0.1, 0.15) is 0 Å². The lowest BCUT2D eigenvalue weighted by atomic mass is 9.96. The van der Waals surface area contributed by atoms with E-state index in [0.717, 1.165) is 82.3 Å². The molecule has 5 nitrogen and oxygen atoms in total. The van der Waals surface area contributed by atoms with E-state index >= 15 is 0 Å². The second-order valence-corrected chi connectivity index (χ2v) is 16.7. The molecule has 0 aliphatic heterocycles. The van der Waals surface area contributed by atoms with E-state index in [2.05, 4.69) is 187 Å². The summed E-state index contributed by atoms with van der Waals surface area (Å²) in [6.45, 7) is 0. The average Bonchev–Trinajstić information content (AvgIpc) is 3.91. The van der Waals surface area contributed by atoms with Crippen molar-refractivity contribution in [3.63, 3.8) is 0 Å². The highest BCUT2D eigenvalue weighted by Gasteiger charge is 2.24. The average molecular weight is 815 g/mol. The van der Waals surface area contributed by atoms with Crippen molar-refractivity contribution in [3.8, 4) is 39.9 Å². The topological polar surface area (TPSA) is 56.7 Å². The molecule has 0 aliphatic rings. The maximum atomic E-state index is 6.95. The van der Waals surface area contributed by atoms with Crippen molar-refractivity contribution in [1.29, 1.82) is 0 Å². The van der Waals surface area contributed by atoms with Gasteiger partial charge in [0.2, 0.25) is 0 Å². The molecule has 0 amide bonds. The summed E-state index contributed by atoms with van der Waals surface area (Å²) >= 11 is 0. The van der Waals surface area contributed by atoms with Crippen molar-refractivity contribution in [2.75, 3.05) is 0 Å². The fraction of sp³-hybridized carbons (Fsp3) is 0. The number of hydrogen-bond donors (Lipinski definition) is 0. The van der Waals surface area contributed by atoms with Crippen LogP contribution >= 0.6 is 0 Å². The monoisotopic (exact) mass is 814 g/mol. The van der Waals surface area contributed by atoms with Gasteiger partial charge in [-0.2, -0.15) is 0 Å². The van der Waals surface area contributed by atoms with Crippen molar-refractivity contribution in [2.45, 2.75) is 0 Å². The molecule has 0 N–H and O–H groups in total. The molecule has 3 aromatic heterocycles. The smallest absolute Gasteiger partial charge is 0.164 e. The van der Waals surface area contributed by atoms with Crippen LogP contribution in [0.15, 0.2) is 211 Å². The van der Waals surface area contributed by atoms with Crippen LogP contribution in [0.3, 0.4) is 0 Å². The number of rotatable bonds is 4. The number of fused-ring (bicyclic) bond motifs is 14. The fourth-order valence-corrected chi connectivity index (χ4v) is 10.3. The van der Waals surface area contributed by atoms with E-state index in [0.29, 0.717) is 17.5 Å². The molecule has 3 heterocycles. The molecule has 14 rings (SSSR count). The molecule has 11 aromatic carbocycles. The van der Waals surface area contributed by atoms with Crippen LogP contribution in [-0.4, -0.2) is 19.5 Å². The lowest BCUT2D eigenvalue weighted by Gasteiger charge is -2.14. The van der Waals surface area contributed by atoms with Gasteiger partial charge in [-0.25, -0.2) is 15.0 Å². The first-order valence-corrected chi connectivity index (χ1v) is 21.7. The number of benzene rings is 11. The van der Waals surface area contributed by atoms with Gasteiger partial charge in [-0.05, 0) is 79.5 Å². The van der Waals surface area contributed by atoms with Gasteiger partial charge in [0.05, 0.1) is 16.7 Å². The number of furan rings is 1. The van der Waals surface area contributed by atoms with Crippen molar-refractivity contribution >= 4 is 97.6 Å². The number of nitrogens with zero attached hydrogens (tertiary/aromatic N) is 4. The van der Waals surface area contributed by atoms with Crippen LogP contribution in [0.2, 0.25) is 0 Å². The van der Waals surface area contributed by atoms with Crippen molar-refractivity contribution in [2.24, 2.45) is 0 Å². The fourth-order valence-electron chi connectivity index (χ4n) is 10.3. The van der Waals surface area contributed by atoms with Crippen LogP contribution in [0.5, 0.6) is 0 Å². The number of aromatic nitrogens is 4. The minimum absolute atomic E-state index is 0.582. The molecular weight excluding hydrogens is 781 g/mol. The molecule has 0 radical (unpaired) electrons. The van der Waals surface area contributed by atoms with Gasteiger partial charge in [0.25, 0.3) is 0 Å². The Bertz CT molecular complexity index is 4260. The minimum atomic E-state index is 0.582. The van der Waals surface area contributed by atoms with E-state index in [4.69, 9.17) is 19.4 Å². The van der Waals surface area contributed by atoms with Crippen molar-refractivity contribution in [3.05, 3.63) is 206 Å². The first kappa shape index (κ1) is 35.0. The molecule has 5 heteroatoms. The Kier molecular flexibility index (Phi) is 7.33. The SMILES string of the molecule is c1ccc(-c2nc(-c3cc4ccccc4c4ccccc34)nc(-c3cccc4oc5c6ccccc6c(-n6c7cc8ccccc8cc7c7c8ccccc8ccc76)cc5c34)n2)cc1. The Labute approximate surface area is 366 Å². The van der Waals surface area contributed by atoms with Gasteiger partial charge in [-0.1, -0.05) is 170 Å². The highest BCUT2D eigenvalue weighted by Crippen LogP contribution is 2.45. The third-order valence-electron chi connectivity index (χ3n) is 13.2. The molecule has 0 aliphatic carbocycles. The summed E-state index contributed by atoms with van der Waals surface area (Å²) < 4.78 is 9.41. The standard InChI is InChI=1S/C59H34N4O/c1-2-16-36(17-3-1)57-60-58(62-59(61-57)47-32-39-20-7-8-21-40(39)42-23-10-11-24-43(42)47)46-27-14-28-53-55(46)49-34-52(44-25-12-13-26-45(44)56(49)64-53)63-50-30-29-35-15-6-9-22-41(35)54(50)48-31-37-18-4-5-19-38(37)33-51(48)63/h1-34H. The first-order chi connectivity index (χ1) is 31.7. The van der Waals surface area contributed by atoms with E-state index in [1.807, 2.05) is 24.3 Å². The third-order valence-corrected chi connectivity index (χ3v) is 13.2. The quantitative estimate of drug-likeness (QED) is 0.166. The molecule has 0 fully saturated rings. The van der Waals surface area contributed by atoms with E-state index in [9.17, 15) is 0 Å². The second-order valence-electron chi connectivity index (χ2n) is 16.7. The van der Waals surface area contributed by atoms with Gasteiger partial charge in [0.15, 0.2) is 17.5 Å². The van der Waals surface area contributed by atoms with Crippen LogP contribution in [-0.2, 0) is 0 Å². The van der Waals surface area contributed by atoms with Crippen LogP contribution in [0.25, 0.3) is 137 Å². The molecule has 0 atom stereocenters. The minimum Gasteiger partial charge on any atom is -0.455 e. The zero-order valence-corrected chi connectivity index (χ0v) is 34.3. The van der Waals surface area contributed by atoms with Gasteiger partial charge in [-0.15, -0.1) is 0 Å². The van der Waals surface area contributed by atoms with E-state index in [1.54, 1.807) is 0 Å². The second kappa shape index (κ2) is 13.4. The zero-order chi connectivity index (χ0) is 41.9. The molecule has 0 saturated carbocycles. The Hall–Kier alpha value is -8.67. The summed E-state index contributed by atoms with van der Waals surface area (Å²) in [5.41, 5.74) is 7.74. The Balaban J connectivity index is 1.09. The van der Waals surface area contributed by atoms with Gasteiger partial charge in [0, 0.05) is 49.0 Å².